The van der Waals surface area contributed by atoms with Gasteiger partial charge in [-0.3, -0.25) is 4.99 Å². The first-order valence-corrected chi connectivity index (χ1v) is 15.0. The number of rotatable bonds is 4. The Labute approximate surface area is 252 Å². The SMILES string of the molecule is CC(=Nc1cc(-c2ccc3c4cccc5cccc(c6cccc2c63)c54)ccc1C)c1ccccc1-c1ccccc1C. The van der Waals surface area contributed by atoms with Crippen molar-refractivity contribution >= 4 is 54.5 Å². The van der Waals surface area contributed by atoms with Gasteiger partial charge in [-0.2, -0.15) is 0 Å². The van der Waals surface area contributed by atoms with Crippen LogP contribution in [0.1, 0.15) is 23.6 Å². The summed E-state index contributed by atoms with van der Waals surface area (Å²) in [5.41, 5.74) is 10.5. The molecule has 0 aliphatic carbocycles. The van der Waals surface area contributed by atoms with E-state index < -0.39 is 0 Å². The molecule has 0 spiro atoms. The van der Waals surface area contributed by atoms with Crippen LogP contribution in [0.4, 0.5) is 5.69 Å². The molecule has 204 valence electrons. The van der Waals surface area contributed by atoms with E-state index in [0.29, 0.717) is 0 Å². The molecular formula is C42H31N. The number of aryl methyl sites for hydroxylation is 2. The van der Waals surface area contributed by atoms with Crippen LogP contribution in [0.15, 0.2) is 138 Å². The predicted octanol–water partition coefficient (Wildman–Crippen LogP) is 11.8. The van der Waals surface area contributed by atoms with Gasteiger partial charge < -0.3 is 0 Å². The third-order valence-corrected chi connectivity index (χ3v) is 9.09. The van der Waals surface area contributed by atoms with Gasteiger partial charge in [0.25, 0.3) is 0 Å². The maximum Gasteiger partial charge on any atom is 0.0668 e. The molecule has 8 aromatic carbocycles. The molecule has 0 fully saturated rings. The van der Waals surface area contributed by atoms with E-state index in [1.165, 1.54) is 76.5 Å². The van der Waals surface area contributed by atoms with Crippen LogP contribution < -0.4 is 0 Å². The Morgan fingerprint density at radius 1 is 0.465 bits per heavy atom. The Morgan fingerprint density at radius 2 is 1.09 bits per heavy atom. The van der Waals surface area contributed by atoms with E-state index in [9.17, 15) is 0 Å². The lowest BCUT2D eigenvalue weighted by molar-refractivity contribution is 1.38. The molecule has 0 saturated heterocycles. The Hall–Kier alpha value is -5.27. The maximum absolute atomic E-state index is 5.25. The highest BCUT2D eigenvalue weighted by molar-refractivity contribution is 6.34. The minimum absolute atomic E-state index is 1.00. The monoisotopic (exact) mass is 549 g/mol. The average molecular weight is 550 g/mol. The number of hydrogen-bond acceptors (Lipinski definition) is 1. The van der Waals surface area contributed by atoms with Crippen molar-refractivity contribution in [3.05, 3.63) is 150 Å². The van der Waals surface area contributed by atoms with E-state index in [1.54, 1.807) is 0 Å². The van der Waals surface area contributed by atoms with E-state index in [4.69, 9.17) is 4.99 Å². The smallest absolute Gasteiger partial charge is 0.0668 e. The van der Waals surface area contributed by atoms with Crippen LogP contribution in [0, 0.1) is 13.8 Å². The van der Waals surface area contributed by atoms with Gasteiger partial charge in [0.1, 0.15) is 0 Å². The quantitative estimate of drug-likeness (QED) is 0.118. The molecule has 1 heteroatoms. The summed E-state index contributed by atoms with van der Waals surface area (Å²) in [5.74, 6) is 0. The molecule has 0 N–H and O–H groups in total. The van der Waals surface area contributed by atoms with Crippen LogP contribution in [-0.4, -0.2) is 5.71 Å². The number of aliphatic imine (C=N–C) groups is 1. The van der Waals surface area contributed by atoms with E-state index in [2.05, 4.69) is 154 Å². The lowest BCUT2D eigenvalue weighted by Gasteiger charge is -2.17. The van der Waals surface area contributed by atoms with Crippen molar-refractivity contribution < 1.29 is 0 Å². The van der Waals surface area contributed by atoms with Crippen LogP contribution in [0.25, 0.3) is 65.3 Å². The number of hydrogen-bond donors (Lipinski definition) is 0. The zero-order valence-corrected chi connectivity index (χ0v) is 24.6. The average Bonchev–Trinajstić information content (AvgIpc) is 3.04. The summed E-state index contributed by atoms with van der Waals surface area (Å²) in [6.45, 7) is 6.45. The lowest BCUT2D eigenvalue weighted by Crippen LogP contribution is -1.99. The maximum atomic E-state index is 5.25. The second kappa shape index (κ2) is 9.93. The van der Waals surface area contributed by atoms with Gasteiger partial charge >= 0.3 is 0 Å². The summed E-state index contributed by atoms with van der Waals surface area (Å²) in [6, 6.07) is 48.6. The van der Waals surface area contributed by atoms with Crippen molar-refractivity contribution in [1.29, 1.82) is 0 Å². The van der Waals surface area contributed by atoms with Gasteiger partial charge in [-0.05, 0) is 103 Å². The fourth-order valence-electron chi connectivity index (χ4n) is 6.94. The normalized spacial score (nSPS) is 12.2. The summed E-state index contributed by atoms with van der Waals surface area (Å²) in [4.78, 5) is 5.25. The van der Waals surface area contributed by atoms with Gasteiger partial charge in [0, 0.05) is 11.3 Å². The van der Waals surface area contributed by atoms with Gasteiger partial charge in [0.05, 0.1) is 5.69 Å². The summed E-state index contributed by atoms with van der Waals surface area (Å²) in [7, 11) is 0. The highest BCUT2D eigenvalue weighted by Crippen LogP contribution is 2.43. The minimum atomic E-state index is 1.00. The number of nitrogens with zero attached hydrogens (tertiary/aromatic N) is 1. The molecule has 8 aromatic rings. The molecule has 0 atom stereocenters. The van der Waals surface area contributed by atoms with Crippen LogP contribution in [0.2, 0.25) is 0 Å². The molecule has 0 unspecified atom stereocenters. The van der Waals surface area contributed by atoms with Crippen molar-refractivity contribution in [3.8, 4) is 22.3 Å². The standard InChI is InChI=1S/C42H31N/c1-26-11-4-5-14-31(26)34-16-7-6-15-32(34)28(3)43-40-25-30(22-21-27(40)2)33-23-24-39-37-18-9-13-29-12-8-17-36(41(29)37)38-20-10-19-35(33)42(38)39/h4-25H,1-3H3. The van der Waals surface area contributed by atoms with Gasteiger partial charge in [0.15, 0.2) is 0 Å². The Balaban J connectivity index is 1.30. The molecule has 0 aliphatic heterocycles. The van der Waals surface area contributed by atoms with Crippen molar-refractivity contribution in [2.75, 3.05) is 0 Å². The van der Waals surface area contributed by atoms with Crippen molar-refractivity contribution in [2.24, 2.45) is 4.99 Å². The first-order valence-electron chi connectivity index (χ1n) is 15.0. The van der Waals surface area contributed by atoms with Crippen molar-refractivity contribution in [2.45, 2.75) is 20.8 Å². The second-order valence-corrected chi connectivity index (χ2v) is 11.7. The predicted molar refractivity (Wildman–Crippen MR) is 186 cm³/mol. The zero-order valence-electron chi connectivity index (χ0n) is 24.6. The Morgan fingerprint density at radius 3 is 1.86 bits per heavy atom. The molecule has 43 heavy (non-hydrogen) atoms. The summed E-state index contributed by atoms with van der Waals surface area (Å²) in [6.07, 6.45) is 0. The molecule has 8 rings (SSSR count). The Bertz CT molecular complexity index is 2320. The van der Waals surface area contributed by atoms with E-state index in [-0.39, 0.29) is 0 Å². The summed E-state index contributed by atoms with van der Waals surface area (Å²) in [5, 5.41) is 10.5. The van der Waals surface area contributed by atoms with Crippen molar-refractivity contribution in [3.63, 3.8) is 0 Å². The highest BCUT2D eigenvalue weighted by atomic mass is 14.7. The Kier molecular flexibility index (Phi) is 5.87. The van der Waals surface area contributed by atoms with E-state index >= 15 is 0 Å². The van der Waals surface area contributed by atoms with Gasteiger partial charge in [0.2, 0.25) is 0 Å². The zero-order chi connectivity index (χ0) is 29.1. The molecule has 0 aromatic heterocycles. The molecule has 0 bridgehead atoms. The number of fused-ring (bicyclic) bond motifs is 2. The molecule has 0 aliphatic rings. The van der Waals surface area contributed by atoms with Crippen LogP contribution >= 0.6 is 0 Å². The fourth-order valence-corrected chi connectivity index (χ4v) is 6.94. The number of benzene rings is 8. The third kappa shape index (κ3) is 4.04. The lowest BCUT2D eigenvalue weighted by atomic mass is 9.87. The largest absolute Gasteiger partial charge is 0.253 e. The van der Waals surface area contributed by atoms with Crippen LogP contribution in [-0.2, 0) is 0 Å². The first-order chi connectivity index (χ1) is 21.1. The summed E-state index contributed by atoms with van der Waals surface area (Å²) >= 11 is 0. The van der Waals surface area contributed by atoms with E-state index in [1.807, 2.05) is 0 Å². The minimum Gasteiger partial charge on any atom is -0.253 e. The molecule has 0 heterocycles. The second-order valence-electron chi connectivity index (χ2n) is 11.7. The summed E-state index contributed by atoms with van der Waals surface area (Å²) < 4.78 is 0. The molecule has 0 saturated carbocycles. The molecule has 1 nitrogen and oxygen atoms in total. The third-order valence-electron chi connectivity index (χ3n) is 9.09. The van der Waals surface area contributed by atoms with Crippen LogP contribution in [0.5, 0.6) is 0 Å². The van der Waals surface area contributed by atoms with Gasteiger partial charge in [-0.1, -0.05) is 127 Å². The highest BCUT2D eigenvalue weighted by Gasteiger charge is 2.16. The van der Waals surface area contributed by atoms with Gasteiger partial charge in [-0.25, -0.2) is 0 Å². The van der Waals surface area contributed by atoms with Gasteiger partial charge in [-0.15, -0.1) is 0 Å². The van der Waals surface area contributed by atoms with Crippen LogP contribution in [0.3, 0.4) is 0 Å². The topological polar surface area (TPSA) is 12.4 Å². The molecule has 0 radical (unpaired) electrons. The van der Waals surface area contributed by atoms with E-state index in [0.717, 1.165) is 17.0 Å². The molecular weight excluding hydrogens is 518 g/mol. The first kappa shape index (κ1) is 25.4. The molecule has 0 amide bonds. The fraction of sp³-hybridized carbons (Fsp3) is 0.0714. The van der Waals surface area contributed by atoms with Crippen molar-refractivity contribution in [1.82, 2.24) is 0 Å².